The van der Waals surface area contributed by atoms with Crippen molar-refractivity contribution in [1.29, 1.82) is 0 Å². The Kier molecular flexibility index (Phi) is 7.28. The van der Waals surface area contributed by atoms with Crippen LogP contribution in [-0.2, 0) is 9.59 Å². The maximum Gasteiger partial charge on any atom is 0.336 e. The number of hydrogen-bond acceptors (Lipinski definition) is 7. The van der Waals surface area contributed by atoms with Gasteiger partial charge >= 0.3 is 11.6 Å². The van der Waals surface area contributed by atoms with Gasteiger partial charge in [0.15, 0.2) is 0 Å². The van der Waals surface area contributed by atoms with Crippen LogP contribution in [0.2, 0.25) is 0 Å². The molecule has 1 atom stereocenters. The average Bonchev–Trinajstić information content (AvgIpc) is 2.51. The number of nitrogens with one attached hydrogen (secondary N) is 1. The van der Waals surface area contributed by atoms with Gasteiger partial charge in [0.25, 0.3) is 0 Å². The summed E-state index contributed by atoms with van der Waals surface area (Å²) in [6.07, 6.45) is 0. The van der Waals surface area contributed by atoms with Gasteiger partial charge in [0.05, 0.1) is 6.04 Å². The molecule has 0 fully saturated rings. The van der Waals surface area contributed by atoms with Crippen molar-refractivity contribution in [1.82, 2.24) is 5.32 Å². The number of carbonyl (C=O) groups is 2. The summed E-state index contributed by atoms with van der Waals surface area (Å²) >= 11 is 3.77. The van der Waals surface area contributed by atoms with Crippen LogP contribution in [0, 0.1) is 6.92 Å². The molecule has 130 valence electrons. The predicted molar refractivity (Wildman–Crippen MR) is 91.4 cm³/mol. The van der Waals surface area contributed by atoms with Gasteiger partial charge in [0.2, 0.25) is 5.91 Å². The number of carboxylic acid groups (broad SMARTS) is 1. The van der Waals surface area contributed by atoms with Gasteiger partial charge in [-0.1, -0.05) is 0 Å². The van der Waals surface area contributed by atoms with Gasteiger partial charge in [-0.15, -0.1) is 0 Å². The van der Waals surface area contributed by atoms with Crippen molar-refractivity contribution >= 4 is 35.5 Å². The number of thiol groups is 1. The van der Waals surface area contributed by atoms with Crippen molar-refractivity contribution in [2.75, 3.05) is 12.3 Å². The molecule has 1 amide bonds. The number of carboxylic acids is 1. The van der Waals surface area contributed by atoms with E-state index in [2.05, 4.69) is 17.9 Å². The molecule has 0 spiro atoms. The molecule has 0 aliphatic carbocycles. The number of hydrogen-bond donors (Lipinski definition) is 5. The number of amides is 1. The van der Waals surface area contributed by atoms with Crippen molar-refractivity contribution in [2.24, 2.45) is 5.73 Å². The topological polar surface area (TPSA) is 143 Å². The summed E-state index contributed by atoms with van der Waals surface area (Å²) in [7, 11) is 0. The third kappa shape index (κ3) is 5.94. The Bertz CT molecular complexity index is 789. The van der Waals surface area contributed by atoms with E-state index >= 15 is 0 Å². The second-order valence-electron chi connectivity index (χ2n) is 4.83. The zero-order valence-electron chi connectivity index (χ0n) is 12.9. The second kappa shape index (κ2) is 8.94. The Balaban J connectivity index is 0.000000245. The first-order valence-corrected chi connectivity index (χ1v) is 7.47. The number of aromatic hydroxyl groups is 1. The minimum atomic E-state index is -1.09. The van der Waals surface area contributed by atoms with Crippen molar-refractivity contribution in [3.05, 3.63) is 40.2 Å². The molecule has 0 radical (unpaired) electrons. The monoisotopic (exact) mass is 354 g/mol. The van der Waals surface area contributed by atoms with Gasteiger partial charge in [-0.2, -0.15) is 12.6 Å². The number of rotatable bonds is 4. The van der Waals surface area contributed by atoms with E-state index in [1.807, 2.05) is 6.92 Å². The molecule has 1 unspecified atom stereocenters. The molecular formula is C15H18N2O6S. The van der Waals surface area contributed by atoms with Crippen LogP contribution in [0.5, 0.6) is 5.75 Å². The number of aryl methyl sites for hydroxylation is 1. The summed E-state index contributed by atoms with van der Waals surface area (Å²) in [4.78, 5) is 31.6. The SMILES string of the molecule is Cc1cc(=O)oc2cc(O)ccc12.NC(CS)C(=O)NCC(=O)O. The van der Waals surface area contributed by atoms with Crippen LogP contribution < -0.4 is 16.7 Å². The molecule has 5 N–H and O–H groups in total. The van der Waals surface area contributed by atoms with Crippen LogP contribution in [0.1, 0.15) is 5.56 Å². The molecule has 9 heteroatoms. The first-order chi connectivity index (χ1) is 11.2. The van der Waals surface area contributed by atoms with E-state index in [-0.39, 0.29) is 11.5 Å². The van der Waals surface area contributed by atoms with Crippen molar-refractivity contribution in [2.45, 2.75) is 13.0 Å². The molecule has 0 saturated carbocycles. The Hall–Kier alpha value is -2.52. The molecule has 1 heterocycles. The summed E-state index contributed by atoms with van der Waals surface area (Å²) in [5.41, 5.74) is 6.10. The van der Waals surface area contributed by atoms with Gasteiger partial charge < -0.3 is 25.7 Å². The number of carbonyl (C=O) groups excluding carboxylic acids is 1. The highest BCUT2D eigenvalue weighted by Gasteiger charge is 2.11. The normalized spacial score (nSPS) is 11.3. The van der Waals surface area contributed by atoms with Crippen LogP contribution in [-0.4, -0.2) is 40.4 Å². The number of phenols is 1. The lowest BCUT2D eigenvalue weighted by Gasteiger charge is -2.06. The quantitative estimate of drug-likeness (QED) is 0.391. The fourth-order valence-corrected chi connectivity index (χ4v) is 1.86. The number of aliphatic carboxylic acids is 1. The maximum atomic E-state index is 11.0. The van der Waals surface area contributed by atoms with Crippen LogP contribution in [0.4, 0.5) is 0 Å². The molecule has 24 heavy (non-hydrogen) atoms. The molecule has 0 saturated heterocycles. The smallest absolute Gasteiger partial charge is 0.336 e. The fraction of sp³-hybridized carbons (Fsp3) is 0.267. The highest BCUT2D eigenvalue weighted by atomic mass is 32.1. The van der Waals surface area contributed by atoms with E-state index in [1.165, 1.54) is 12.1 Å². The highest BCUT2D eigenvalue weighted by molar-refractivity contribution is 7.80. The zero-order chi connectivity index (χ0) is 18.3. The highest BCUT2D eigenvalue weighted by Crippen LogP contribution is 2.20. The van der Waals surface area contributed by atoms with E-state index in [0.29, 0.717) is 5.58 Å². The Morgan fingerprint density at radius 1 is 1.38 bits per heavy atom. The van der Waals surface area contributed by atoms with Gasteiger partial charge in [0.1, 0.15) is 17.9 Å². The van der Waals surface area contributed by atoms with Gasteiger partial charge in [-0.3, -0.25) is 9.59 Å². The summed E-state index contributed by atoms with van der Waals surface area (Å²) in [5, 5.41) is 20.3. The minimum Gasteiger partial charge on any atom is -0.508 e. The van der Waals surface area contributed by atoms with Crippen LogP contribution >= 0.6 is 12.6 Å². The summed E-state index contributed by atoms with van der Waals surface area (Å²) < 4.78 is 4.91. The lowest BCUT2D eigenvalue weighted by Crippen LogP contribution is -2.43. The molecule has 1 aromatic heterocycles. The number of nitrogens with two attached hydrogens (primary N) is 1. The second-order valence-corrected chi connectivity index (χ2v) is 5.19. The Morgan fingerprint density at radius 2 is 2.04 bits per heavy atom. The number of phenolic OH excluding ortho intramolecular Hbond substituents is 1. The third-order valence-electron chi connectivity index (χ3n) is 2.88. The van der Waals surface area contributed by atoms with Crippen LogP contribution in [0.15, 0.2) is 33.5 Å². The van der Waals surface area contributed by atoms with Gasteiger partial charge in [0, 0.05) is 23.3 Å². The van der Waals surface area contributed by atoms with Crippen molar-refractivity contribution in [3.8, 4) is 5.75 Å². The van der Waals surface area contributed by atoms with Gasteiger partial charge in [-0.25, -0.2) is 4.79 Å². The summed E-state index contributed by atoms with van der Waals surface area (Å²) in [6.45, 7) is 1.43. The van der Waals surface area contributed by atoms with Crippen molar-refractivity contribution in [3.63, 3.8) is 0 Å². The largest absolute Gasteiger partial charge is 0.508 e. The fourth-order valence-electron chi connectivity index (χ4n) is 1.69. The first-order valence-electron chi connectivity index (χ1n) is 6.84. The van der Waals surface area contributed by atoms with Crippen molar-refractivity contribution < 1.29 is 24.2 Å². The number of fused-ring (bicyclic) bond motifs is 1. The predicted octanol–water partition coefficient (Wildman–Crippen LogP) is 0.251. The van der Waals surface area contributed by atoms with E-state index in [0.717, 1.165) is 10.9 Å². The standard InChI is InChI=1S/C10H8O3.C5H10N2O3S/c1-6-4-10(12)13-9-5-7(11)2-3-8(6)9;6-3(2-11)5(10)7-1-4(8)9/h2-5,11H,1H3;3,11H,1-2,6H2,(H,7,10)(H,8,9). The summed E-state index contributed by atoms with van der Waals surface area (Å²) in [5.74, 6) is -1.29. The molecule has 2 aromatic rings. The molecule has 0 bridgehead atoms. The van der Waals surface area contributed by atoms with Crippen LogP contribution in [0.25, 0.3) is 11.0 Å². The minimum absolute atomic E-state index is 0.0984. The van der Waals surface area contributed by atoms with Gasteiger partial charge in [-0.05, 0) is 24.6 Å². The average molecular weight is 354 g/mol. The van der Waals surface area contributed by atoms with E-state index in [4.69, 9.17) is 20.4 Å². The first kappa shape index (κ1) is 19.5. The lowest BCUT2D eigenvalue weighted by molar-refractivity contribution is -0.138. The van der Waals surface area contributed by atoms with Crippen LogP contribution in [0.3, 0.4) is 0 Å². The molecule has 2 rings (SSSR count). The molecular weight excluding hydrogens is 336 g/mol. The molecule has 0 aliphatic rings. The third-order valence-corrected chi connectivity index (χ3v) is 3.28. The Labute approximate surface area is 142 Å². The summed E-state index contributed by atoms with van der Waals surface area (Å²) in [6, 6.07) is 5.42. The molecule has 8 nitrogen and oxygen atoms in total. The molecule has 0 aliphatic heterocycles. The lowest BCUT2D eigenvalue weighted by atomic mass is 10.1. The maximum absolute atomic E-state index is 11.0. The number of benzene rings is 1. The zero-order valence-corrected chi connectivity index (χ0v) is 13.7. The Morgan fingerprint density at radius 3 is 2.62 bits per heavy atom. The van der Waals surface area contributed by atoms with E-state index < -0.39 is 30.1 Å². The van der Waals surface area contributed by atoms with E-state index in [9.17, 15) is 14.4 Å². The molecule has 1 aromatic carbocycles. The van der Waals surface area contributed by atoms with E-state index in [1.54, 1.807) is 12.1 Å².